The lowest BCUT2D eigenvalue weighted by Gasteiger charge is -2.16. The molecule has 0 aliphatic rings. The molecule has 0 radical (unpaired) electrons. The molecule has 0 spiro atoms. The fourth-order valence-electron chi connectivity index (χ4n) is 0.707. The van der Waals surface area contributed by atoms with Gasteiger partial charge in [-0.25, -0.2) is 18.5 Å². The average molecular weight is 238 g/mol. The van der Waals surface area contributed by atoms with Crippen LogP contribution in [0.25, 0.3) is 0 Å². The van der Waals surface area contributed by atoms with Gasteiger partial charge in [-0.05, 0) is 6.92 Å². The normalized spacial score (nSPS) is 16.6. The first-order valence-electron chi connectivity index (χ1n) is 3.60. The van der Waals surface area contributed by atoms with E-state index in [4.69, 9.17) is 10.2 Å². The molecule has 1 atom stereocenters. The number of aliphatic hydroxyl groups is 2. The van der Waals surface area contributed by atoms with E-state index in [0.717, 1.165) is 17.5 Å². The fourth-order valence-corrected chi connectivity index (χ4v) is 2.29. The van der Waals surface area contributed by atoms with E-state index in [1.807, 2.05) is 0 Å². The molecule has 0 fully saturated rings. The monoisotopic (exact) mass is 238 g/mol. The zero-order valence-electron chi connectivity index (χ0n) is 7.34. The van der Waals surface area contributed by atoms with Crippen LogP contribution in [-0.2, 0) is 15.6 Å². The molecule has 0 bridgehead atoms. The zero-order chi connectivity index (χ0) is 11.0. The largest absolute Gasteiger partial charge is 0.393 e. The van der Waals surface area contributed by atoms with Gasteiger partial charge in [-0.1, -0.05) is 0 Å². The summed E-state index contributed by atoms with van der Waals surface area (Å²) in [5, 5.41) is 23.3. The first-order valence-corrected chi connectivity index (χ1v) is 5.96. The highest BCUT2D eigenvalue weighted by Crippen LogP contribution is 2.26. The molecule has 80 valence electrons. The topological polar surface area (TPSA) is 114 Å². The molecular formula is C6H10N2O4S2. The van der Waals surface area contributed by atoms with Crippen molar-refractivity contribution in [3.8, 4) is 0 Å². The van der Waals surface area contributed by atoms with Gasteiger partial charge in [-0.15, -0.1) is 11.3 Å². The van der Waals surface area contributed by atoms with Gasteiger partial charge in [-0.2, -0.15) is 0 Å². The molecule has 0 amide bonds. The molecule has 0 aliphatic carbocycles. The van der Waals surface area contributed by atoms with Gasteiger partial charge in [0, 0.05) is 0 Å². The minimum Gasteiger partial charge on any atom is -0.393 e. The molecule has 0 saturated heterocycles. The summed E-state index contributed by atoms with van der Waals surface area (Å²) >= 11 is 0.737. The van der Waals surface area contributed by atoms with Gasteiger partial charge < -0.3 is 10.2 Å². The van der Waals surface area contributed by atoms with Crippen LogP contribution in [0.1, 0.15) is 11.9 Å². The Labute approximate surface area is 85.1 Å². The van der Waals surface area contributed by atoms with Crippen molar-refractivity contribution in [2.75, 3.05) is 6.61 Å². The molecule has 0 aliphatic heterocycles. The number of rotatable bonds is 3. The Hall–Kier alpha value is -0.540. The Morgan fingerprint density at radius 1 is 1.71 bits per heavy atom. The first-order chi connectivity index (χ1) is 6.27. The van der Waals surface area contributed by atoms with Gasteiger partial charge in [-0.3, -0.25) is 0 Å². The number of hydrogen-bond donors (Lipinski definition) is 3. The van der Waals surface area contributed by atoms with Crippen molar-refractivity contribution in [1.82, 2.24) is 4.98 Å². The molecule has 1 aromatic heterocycles. The molecular weight excluding hydrogens is 228 g/mol. The van der Waals surface area contributed by atoms with Gasteiger partial charge >= 0.3 is 0 Å². The van der Waals surface area contributed by atoms with Crippen molar-refractivity contribution in [3.63, 3.8) is 0 Å². The first kappa shape index (κ1) is 11.5. The summed E-state index contributed by atoms with van der Waals surface area (Å²) in [6, 6.07) is 0. The van der Waals surface area contributed by atoms with Crippen LogP contribution >= 0.6 is 11.3 Å². The lowest BCUT2D eigenvalue weighted by Crippen LogP contribution is -2.25. The maximum Gasteiger partial charge on any atom is 0.249 e. The number of thiazole rings is 1. The van der Waals surface area contributed by atoms with Crippen LogP contribution in [-0.4, -0.2) is 30.2 Å². The summed E-state index contributed by atoms with van der Waals surface area (Å²) < 4.78 is 21.6. The van der Waals surface area contributed by atoms with Gasteiger partial charge in [0.25, 0.3) is 0 Å². The second kappa shape index (κ2) is 3.55. The molecule has 4 N–H and O–H groups in total. The number of nitrogens with zero attached hydrogens (tertiary/aromatic N) is 1. The van der Waals surface area contributed by atoms with Crippen LogP contribution in [0, 0.1) is 0 Å². The number of nitrogens with two attached hydrogens (primary N) is 1. The third-order valence-corrected chi connectivity index (χ3v) is 4.19. The Bertz CT molecular complexity index is 423. The predicted molar refractivity (Wildman–Crippen MR) is 50.1 cm³/mol. The maximum atomic E-state index is 10.9. The van der Waals surface area contributed by atoms with Gasteiger partial charge in [0.05, 0.1) is 12.8 Å². The highest BCUT2D eigenvalue weighted by Gasteiger charge is 2.27. The van der Waals surface area contributed by atoms with Crippen molar-refractivity contribution < 1.29 is 18.6 Å². The van der Waals surface area contributed by atoms with E-state index in [-0.39, 0.29) is 9.22 Å². The Morgan fingerprint density at radius 3 is 2.64 bits per heavy atom. The summed E-state index contributed by atoms with van der Waals surface area (Å²) in [5.41, 5.74) is -1.53. The van der Waals surface area contributed by atoms with Crippen molar-refractivity contribution in [2.45, 2.75) is 16.7 Å². The zero-order valence-corrected chi connectivity index (χ0v) is 8.97. The van der Waals surface area contributed by atoms with Gasteiger partial charge in [0.2, 0.25) is 10.0 Å². The molecule has 8 heteroatoms. The minimum atomic E-state index is -3.79. The van der Waals surface area contributed by atoms with Crippen molar-refractivity contribution in [2.24, 2.45) is 5.14 Å². The van der Waals surface area contributed by atoms with E-state index in [1.54, 1.807) is 0 Å². The summed E-state index contributed by atoms with van der Waals surface area (Å²) in [7, 11) is -3.79. The quantitative estimate of drug-likeness (QED) is 0.624. The molecule has 0 saturated carbocycles. The van der Waals surface area contributed by atoms with Crippen molar-refractivity contribution in [1.29, 1.82) is 0 Å². The average Bonchev–Trinajstić information content (AvgIpc) is 2.51. The summed E-state index contributed by atoms with van der Waals surface area (Å²) in [4.78, 5) is 3.67. The number of aromatic nitrogens is 1. The van der Waals surface area contributed by atoms with Crippen LogP contribution in [0.5, 0.6) is 0 Å². The number of primary sulfonamides is 1. The van der Waals surface area contributed by atoms with Crippen LogP contribution in [0.2, 0.25) is 0 Å². The Kier molecular flexibility index (Phi) is 2.93. The maximum absolute atomic E-state index is 10.9. The summed E-state index contributed by atoms with van der Waals surface area (Å²) in [6.45, 7) is 0.795. The van der Waals surface area contributed by atoms with E-state index >= 15 is 0 Å². The van der Waals surface area contributed by atoms with Crippen molar-refractivity contribution in [3.05, 3.63) is 11.2 Å². The molecule has 1 heterocycles. The molecule has 1 unspecified atom stereocenters. The van der Waals surface area contributed by atoms with E-state index in [0.29, 0.717) is 0 Å². The highest BCUT2D eigenvalue weighted by molar-refractivity contribution is 7.91. The molecule has 1 aromatic rings. The number of sulfonamides is 1. The molecule has 1 rings (SSSR count). The number of hydrogen-bond acceptors (Lipinski definition) is 6. The lowest BCUT2D eigenvalue weighted by molar-refractivity contribution is -0.00244. The van der Waals surface area contributed by atoms with Crippen LogP contribution in [0.15, 0.2) is 10.4 Å². The minimum absolute atomic E-state index is 0.115. The van der Waals surface area contributed by atoms with E-state index in [2.05, 4.69) is 4.98 Å². The molecule has 0 aromatic carbocycles. The predicted octanol–water partition coefficient (Wildman–Crippen LogP) is -1.01. The second-order valence-corrected chi connectivity index (χ2v) is 5.78. The van der Waals surface area contributed by atoms with Crippen LogP contribution in [0.3, 0.4) is 0 Å². The van der Waals surface area contributed by atoms with Gasteiger partial charge in [0.1, 0.15) is 10.6 Å². The van der Waals surface area contributed by atoms with E-state index in [1.165, 1.54) is 6.92 Å². The SMILES string of the molecule is CC(O)(CO)c1ncc(S(N)(=O)=O)s1. The van der Waals surface area contributed by atoms with Crippen LogP contribution < -0.4 is 5.14 Å². The smallest absolute Gasteiger partial charge is 0.249 e. The third-order valence-electron chi connectivity index (χ3n) is 1.53. The highest BCUT2D eigenvalue weighted by atomic mass is 32.2. The fraction of sp³-hybridized carbons (Fsp3) is 0.500. The third kappa shape index (κ3) is 2.28. The van der Waals surface area contributed by atoms with Crippen molar-refractivity contribution >= 4 is 21.4 Å². The Morgan fingerprint density at radius 2 is 2.29 bits per heavy atom. The van der Waals surface area contributed by atoms with Crippen LogP contribution in [0.4, 0.5) is 0 Å². The lowest BCUT2D eigenvalue weighted by atomic mass is 10.1. The standard InChI is InChI=1S/C6H10N2O4S2/c1-6(10,3-9)5-8-2-4(13-5)14(7,11)12/h2,9-10H,3H2,1H3,(H2,7,11,12). The number of aliphatic hydroxyl groups excluding tert-OH is 1. The second-order valence-electron chi connectivity index (χ2n) is 2.96. The van der Waals surface area contributed by atoms with E-state index in [9.17, 15) is 13.5 Å². The Balaban J connectivity index is 3.13. The molecule has 14 heavy (non-hydrogen) atoms. The summed E-state index contributed by atoms with van der Waals surface area (Å²) in [5.74, 6) is 0. The summed E-state index contributed by atoms with van der Waals surface area (Å²) in [6.07, 6.45) is 1.06. The van der Waals surface area contributed by atoms with Gasteiger partial charge in [0.15, 0.2) is 4.21 Å². The van der Waals surface area contributed by atoms with E-state index < -0.39 is 22.2 Å². The molecule has 6 nitrogen and oxygen atoms in total.